The lowest BCUT2D eigenvalue weighted by Crippen LogP contribution is -2.35. The maximum Gasteiger partial charge on any atom is 0.336 e. The van der Waals surface area contributed by atoms with Gasteiger partial charge in [-0.1, -0.05) is 24.3 Å². The normalized spacial score (nSPS) is 18.9. The Morgan fingerprint density at radius 3 is 2.62 bits per heavy atom. The number of benzene rings is 1. The highest BCUT2D eigenvalue weighted by molar-refractivity contribution is 7.80. The van der Waals surface area contributed by atoms with Gasteiger partial charge < -0.3 is 19.7 Å². The number of carbonyl (C=O) groups is 1. The van der Waals surface area contributed by atoms with Gasteiger partial charge in [-0.3, -0.25) is 4.98 Å². The summed E-state index contributed by atoms with van der Waals surface area (Å²) < 4.78 is 6.19. The predicted molar refractivity (Wildman–Crippen MR) is 114 cm³/mol. The van der Waals surface area contributed by atoms with Crippen LogP contribution in [0, 0.1) is 0 Å². The number of hydrogen-bond acceptors (Lipinski definition) is 4. The molecule has 1 fully saturated rings. The van der Waals surface area contributed by atoms with Crippen molar-refractivity contribution in [2.45, 2.75) is 32.0 Å². The number of carboxylic acid groups (broad SMARTS) is 1. The van der Waals surface area contributed by atoms with Crippen molar-refractivity contribution in [2.75, 3.05) is 0 Å². The van der Waals surface area contributed by atoms with Crippen LogP contribution in [0.4, 0.5) is 0 Å². The third-order valence-corrected chi connectivity index (χ3v) is 5.36. The Labute approximate surface area is 174 Å². The third kappa shape index (κ3) is 3.49. The van der Waals surface area contributed by atoms with Gasteiger partial charge in [0.2, 0.25) is 0 Å². The number of hydrogen-bond donors (Lipinski definition) is 2. The minimum Gasteiger partial charge on any atom is -0.478 e. The van der Waals surface area contributed by atoms with E-state index in [2.05, 4.69) is 29.0 Å². The Morgan fingerprint density at radius 1 is 1.17 bits per heavy atom. The number of carboxylic acids is 1. The molecule has 29 heavy (non-hydrogen) atoms. The van der Waals surface area contributed by atoms with E-state index in [0.29, 0.717) is 22.2 Å². The van der Waals surface area contributed by atoms with Gasteiger partial charge in [-0.15, -0.1) is 0 Å². The van der Waals surface area contributed by atoms with E-state index in [0.717, 1.165) is 5.69 Å². The molecule has 2 N–H and O–H groups in total. The van der Waals surface area contributed by atoms with Crippen molar-refractivity contribution in [3.63, 3.8) is 0 Å². The maximum absolute atomic E-state index is 11.6. The summed E-state index contributed by atoms with van der Waals surface area (Å²) in [7, 11) is 0. The topological polar surface area (TPSA) is 78.6 Å². The minimum atomic E-state index is -0.988. The fourth-order valence-electron chi connectivity index (χ4n) is 3.77. The molecule has 0 radical (unpaired) electrons. The average molecular weight is 407 g/mol. The second kappa shape index (κ2) is 7.67. The predicted octanol–water partition coefficient (Wildman–Crippen LogP) is 4.42. The number of rotatable bonds is 5. The van der Waals surface area contributed by atoms with Crippen molar-refractivity contribution >= 4 is 23.3 Å². The molecule has 0 aliphatic carbocycles. The molecule has 1 aliphatic rings. The van der Waals surface area contributed by atoms with Crippen molar-refractivity contribution in [2.24, 2.45) is 0 Å². The number of aromatic nitrogens is 1. The monoisotopic (exact) mass is 407 g/mol. The summed E-state index contributed by atoms with van der Waals surface area (Å²) in [6, 6.07) is 16.1. The number of pyridine rings is 1. The van der Waals surface area contributed by atoms with E-state index in [1.54, 1.807) is 30.5 Å². The number of thiocarbonyl (C=S) groups is 1. The quantitative estimate of drug-likeness (QED) is 0.606. The highest BCUT2D eigenvalue weighted by Gasteiger charge is 2.42. The van der Waals surface area contributed by atoms with Crippen LogP contribution in [0.5, 0.6) is 0 Å². The third-order valence-electron chi connectivity index (χ3n) is 5.03. The second-order valence-corrected chi connectivity index (χ2v) is 7.57. The first-order chi connectivity index (χ1) is 14.0. The molecule has 7 heteroatoms. The highest BCUT2D eigenvalue weighted by Crippen LogP contribution is 2.41. The molecule has 2 atom stereocenters. The van der Waals surface area contributed by atoms with Crippen molar-refractivity contribution in [1.29, 1.82) is 0 Å². The van der Waals surface area contributed by atoms with Gasteiger partial charge in [-0.05, 0) is 56.4 Å². The van der Waals surface area contributed by atoms with Gasteiger partial charge in [0.1, 0.15) is 17.6 Å². The molecule has 0 bridgehead atoms. The maximum atomic E-state index is 11.6. The highest BCUT2D eigenvalue weighted by atomic mass is 32.1. The van der Waals surface area contributed by atoms with Crippen molar-refractivity contribution in [3.05, 3.63) is 77.8 Å². The molecule has 1 saturated heterocycles. The fraction of sp³-hybridized carbons (Fsp3) is 0.227. The summed E-state index contributed by atoms with van der Waals surface area (Å²) in [4.78, 5) is 18.2. The molecule has 4 rings (SSSR count). The van der Waals surface area contributed by atoms with Crippen LogP contribution in [0.15, 0.2) is 65.2 Å². The molecule has 1 aromatic carbocycles. The molecule has 1 aliphatic heterocycles. The van der Waals surface area contributed by atoms with Gasteiger partial charge in [0.25, 0.3) is 0 Å². The molecular weight excluding hydrogens is 386 g/mol. The van der Waals surface area contributed by atoms with Gasteiger partial charge in [0.05, 0.1) is 17.3 Å². The number of aromatic carboxylic acids is 1. The molecule has 6 nitrogen and oxygen atoms in total. The van der Waals surface area contributed by atoms with Gasteiger partial charge >= 0.3 is 5.97 Å². The van der Waals surface area contributed by atoms with E-state index in [4.69, 9.17) is 16.6 Å². The van der Waals surface area contributed by atoms with Crippen LogP contribution in [-0.4, -0.2) is 32.1 Å². The Hall–Kier alpha value is -3.19. The zero-order chi connectivity index (χ0) is 20.5. The SMILES string of the molecule is CC(C)N1C(=S)N[C@@H](c2ccccn2)[C@H]1c1ccc(-c2ccccc2C(=O)O)o1. The Kier molecular flexibility index (Phi) is 5.07. The first-order valence-corrected chi connectivity index (χ1v) is 9.80. The summed E-state index contributed by atoms with van der Waals surface area (Å²) in [5.41, 5.74) is 1.62. The molecule has 0 saturated carbocycles. The molecule has 0 amide bonds. The summed E-state index contributed by atoms with van der Waals surface area (Å²) in [5.74, 6) is 0.230. The van der Waals surface area contributed by atoms with Crippen LogP contribution in [0.3, 0.4) is 0 Å². The van der Waals surface area contributed by atoms with Crippen molar-refractivity contribution < 1.29 is 14.3 Å². The molecule has 2 aromatic heterocycles. The summed E-state index contributed by atoms with van der Waals surface area (Å²) in [5, 5.41) is 13.5. The molecule has 0 spiro atoms. The molecular formula is C22H21N3O3S. The Balaban J connectivity index is 1.78. The van der Waals surface area contributed by atoms with E-state index in [-0.39, 0.29) is 23.7 Å². The number of nitrogens with one attached hydrogen (secondary N) is 1. The molecule has 148 valence electrons. The molecule has 3 aromatic rings. The Bertz CT molecular complexity index is 1050. The fourth-order valence-corrected chi connectivity index (χ4v) is 4.22. The molecule has 0 unspecified atom stereocenters. The van der Waals surface area contributed by atoms with E-state index in [9.17, 15) is 9.90 Å². The first-order valence-electron chi connectivity index (χ1n) is 9.39. The van der Waals surface area contributed by atoms with Crippen LogP contribution in [0.1, 0.15) is 47.7 Å². The van der Waals surface area contributed by atoms with Gasteiger partial charge in [0.15, 0.2) is 5.11 Å². The van der Waals surface area contributed by atoms with E-state index < -0.39 is 5.97 Å². The van der Waals surface area contributed by atoms with E-state index >= 15 is 0 Å². The van der Waals surface area contributed by atoms with E-state index in [1.807, 2.05) is 30.3 Å². The lowest BCUT2D eigenvalue weighted by atomic mass is 10.0. The summed E-state index contributed by atoms with van der Waals surface area (Å²) >= 11 is 5.59. The van der Waals surface area contributed by atoms with Crippen LogP contribution in [0.2, 0.25) is 0 Å². The summed E-state index contributed by atoms with van der Waals surface area (Å²) in [6.07, 6.45) is 1.76. The molecule has 3 heterocycles. The average Bonchev–Trinajstić information content (AvgIpc) is 3.33. The second-order valence-electron chi connectivity index (χ2n) is 7.18. The smallest absolute Gasteiger partial charge is 0.336 e. The van der Waals surface area contributed by atoms with E-state index in [1.165, 1.54) is 0 Å². The van der Waals surface area contributed by atoms with Crippen molar-refractivity contribution in [1.82, 2.24) is 15.2 Å². The number of nitrogens with zero attached hydrogens (tertiary/aromatic N) is 2. The first kappa shape index (κ1) is 19.1. The largest absolute Gasteiger partial charge is 0.478 e. The minimum absolute atomic E-state index is 0.147. The Morgan fingerprint density at radius 2 is 1.93 bits per heavy atom. The van der Waals surface area contributed by atoms with Crippen LogP contribution >= 0.6 is 12.2 Å². The van der Waals surface area contributed by atoms with Gasteiger partial charge in [-0.2, -0.15) is 0 Å². The van der Waals surface area contributed by atoms with Gasteiger partial charge in [0, 0.05) is 17.8 Å². The number of furan rings is 1. The van der Waals surface area contributed by atoms with Crippen LogP contribution in [-0.2, 0) is 0 Å². The zero-order valence-electron chi connectivity index (χ0n) is 16.1. The lowest BCUT2D eigenvalue weighted by Gasteiger charge is -2.29. The van der Waals surface area contributed by atoms with Crippen LogP contribution in [0.25, 0.3) is 11.3 Å². The van der Waals surface area contributed by atoms with Crippen LogP contribution < -0.4 is 5.32 Å². The lowest BCUT2D eigenvalue weighted by molar-refractivity contribution is 0.0697. The summed E-state index contributed by atoms with van der Waals surface area (Å²) in [6.45, 7) is 4.15. The van der Waals surface area contributed by atoms with Gasteiger partial charge in [-0.25, -0.2) is 4.79 Å². The zero-order valence-corrected chi connectivity index (χ0v) is 16.9. The van der Waals surface area contributed by atoms with Crippen molar-refractivity contribution in [3.8, 4) is 11.3 Å². The standard InChI is InChI=1S/C22H21N3O3S/c1-13(2)25-20(19(24-22(25)29)16-9-5-6-12-23-16)18-11-10-17(28-18)14-7-3-4-8-15(14)21(26)27/h3-13,19-20H,1-2H3,(H,24,29)(H,26,27)/t19-,20+/m0/s1.